The third kappa shape index (κ3) is 6.59. The van der Waals surface area contributed by atoms with E-state index in [2.05, 4.69) is 15.5 Å². The molecule has 2 amide bonds. The highest BCUT2D eigenvalue weighted by molar-refractivity contribution is 7.80. The Hall–Kier alpha value is -3.56. The van der Waals surface area contributed by atoms with Crippen molar-refractivity contribution in [1.82, 2.24) is 10.2 Å². The van der Waals surface area contributed by atoms with E-state index >= 15 is 0 Å². The molecule has 0 aliphatic carbocycles. The maximum Gasteiger partial charge on any atom is 0.293 e. The summed E-state index contributed by atoms with van der Waals surface area (Å²) in [5, 5.41) is 7.33. The molecule has 1 aromatic heterocycles. The highest BCUT2D eigenvalue weighted by atomic mass is 35.5. The quantitative estimate of drug-likeness (QED) is 0.236. The van der Waals surface area contributed by atoms with Crippen LogP contribution in [0.1, 0.15) is 20.9 Å². The Morgan fingerprint density at radius 1 is 0.800 bits per heavy atom. The molecule has 7 nitrogen and oxygen atoms in total. The molecule has 40 heavy (non-hydrogen) atoms. The minimum Gasteiger partial charge on any atom is -0.451 e. The Balaban J connectivity index is 1.12. The molecule has 1 saturated heterocycles. The van der Waals surface area contributed by atoms with Crippen molar-refractivity contribution in [2.24, 2.45) is 0 Å². The molecule has 0 unspecified atom stereocenters. The molecule has 0 saturated carbocycles. The standard InChI is InChI=1S/C29H23Cl3N4O3S/c30-19-3-1-18(2-4-19)28(38)36-15-13-35(14-16-36)22-8-6-21(7-9-22)33-29(40)34-27(37)26-12-11-25(39-26)23-17-20(31)5-10-24(23)32/h1-12,17H,13-16H2,(H2,33,34,37,40). The monoisotopic (exact) mass is 612 g/mol. The molecular weight excluding hydrogens is 591 g/mol. The SMILES string of the molecule is O=C(NC(=S)Nc1ccc(N2CCN(C(=O)c3ccc(Cl)cc3)CC2)cc1)c1ccc(-c2cc(Cl)ccc2Cl)o1. The number of amides is 2. The predicted molar refractivity (Wildman–Crippen MR) is 164 cm³/mol. The van der Waals surface area contributed by atoms with Crippen molar-refractivity contribution < 1.29 is 14.0 Å². The lowest BCUT2D eigenvalue weighted by atomic mass is 10.1. The fraction of sp³-hybridized carbons (Fsp3) is 0.138. The number of furan rings is 1. The normalized spacial score (nSPS) is 13.2. The number of hydrogen-bond acceptors (Lipinski definition) is 5. The molecule has 204 valence electrons. The van der Waals surface area contributed by atoms with Gasteiger partial charge in [0.2, 0.25) is 0 Å². The molecule has 5 rings (SSSR count). The minimum absolute atomic E-state index is 0.00505. The number of hydrogen-bond donors (Lipinski definition) is 2. The van der Waals surface area contributed by atoms with Crippen LogP contribution in [0, 0.1) is 0 Å². The maximum atomic E-state index is 12.8. The Labute approximate surface area is 251 Å². The lowest BCUT2D eigenvalue weighted by Crippen LogP contribution is -2.48. The van der Waals surface area contributed by atoms with Crippen molar-refractivity contribution >= 4 is 75.3 Å². The number of nitrogens with zero attached hydrogens (tertiary/aromatic N) is 2. The van der Waals surface area contributed by atoms with Gasteiger partial charge in [0.15, 0.2) is 10.9 Å². The van der Waals surface area contributed by atoms with Gasteiger partial charge in [0.25, 0.3) is 11.8 Å². The third-order valence-electron chi connectivity index (χ3n) is 6.40. The zero-order chi connectivity index (χ0) is 28.2. The van der Waals surface area contributed by atoms with Crippen LogP contribution in [0.4, 0.5) is 11.4 Å². The van der Waals surface area contributed by atoms with Crippen molar-refractivity contribution in [1.29, 1.82) is 0 Å². The summed E-state index contributed by atoms with van der Waals surface area (Å²) in [4.78, 5) is 29.5. The van der Waals surface area contributed by atoms with Gasteiger partial charge in [-0.05, 0) is 91.1 Å². The van der Waals surface area contributed by atoms with Gasteiger partial charge < -0.3 is 19.5 Å². The summed E-state index contributed by atoms with van der Waals surface area (Å²) >= 11 is 23.5. The van der Waals surface area contributed by atoms with Crippen molar-refractivity contribution in [2.75, 3.05) is 36.4 Å². The summed E-state index contributed by atoms with van der Waals surface area (Å²) in [5.74, 6) is 0.0107. The molecule has 2 N–H and O–H groups in total. The smallest absolute Gasteiger partial charge is 0.293 e. The number of carbonyl (C=O) groups excluding carboxylic acids is 2. The number of anilines is 2. The van der Waals surface area contributed by atoms with Crippen LogP contribution in [0.5, 0.6) is 0 Å². The molecule has 1 aliphatic rings. The van der Waals surface area contributed by atoms with E-state index in [9.17, 15) is 9.59 Å². The van der Waals surface area contributed by atoms with Gasteiger partial charge in [0, 0.05) is 58.7 Å². The number of thiocarbonyl (C=S) groups is 1. The van der Waals surface area contributed by atoms with E-state index in [4.69, 9.17) is 51.4 Å². The summed E-state index contributed by atoms with van der Waals surface area (Å²) in [6.45, 7) is 2.67. The average molecular weight is 614 g/mol. The first-order chi connectivity index (χ1) is 19.3. The second-order valence-electron chi connectivity index (χ2n) is 9.03. The van der Waals surface area contributed by atoms with Gasteiger partial charge in [-0.15, -0.1) is 0 Å². The van der Waals surface area contributed by atoms with Crippen LogP contribution >= 0.6 is 47.0 Å². The fourth-order valence-electron chi connectivity index (χ4n) is 4.32. The molecule has 0 atom stereocenters. The average Bonchev–Trinajstić information content (AvgIpc) is 3.45. The number of benzene rings is 3. The number of piperazine rings is 1. The summed E-state index contributed by atoms with van der Waals surface area (Å²) in [6.07, 6.45) is 0. The fourth-order valence-corrected chi connectivity index (χ4v) is 5.04. The van der Waals surface area contributed by atoms with Crippen LogP contribution < -0.4 is 15.5 Å². The number of halogens is 3. The molecule has 0 bridgehead atoms. The number of carbonyl (C=O) groups is 2. The lowest BCUT2D eigenvalue weighted by molar-refractivity contribution is 0.0746. The highest BCUT2D eigenvalue weighted by Gasteiger charge is 2.22. The molecule has 0 spiro atoms. The van der Waals surface area contributed by atoms with Crippen LogP contribution in [-0.2, 0) is 0 Å². The summed E-state index contributed by atoms with van der Waals surface area (Å²) in [7, 11) is 0. The van der Waals surface area contributed by atoms with E-state index in [0.717, 1.165) is 11.4 Å². The van der Waals surface area contributed by atoms with Crippen LogP contribution in [0.3, 0.4) is 0 Å². The lowest BCUT2D eigenvalue weighted by Gasteiger charge is -2.36. The Morgan fingerprint density at radius 2 is 1.48 bits per heavy atom. The van der Waals surface area contributed by atoms with E-state index < -0.39 is 5.91 Å². The molecular formula is C29H23Cl3N4O3S. The molecule has 3 aromatic carbocycles. The first-order valence-electron chi connectivity index (χ1n) is 12.3. The topological polar surface area (TPSA) is 77.8 Å². The predicted octanol–water partition coefficient (Wildman–Crippen LogP) is 7.00. The Bertz CT molecular complexity index is 1550. The van der Waals surface area contributed by atoms with Gasteiger partial charge in [-0.2, -0.15) is 0 Å². The maximum absolute atomic E-state index is 12.8. The number of rotatable bonds is 5. The molecule has 4 aromatic rings. The molecule has 1 aliphatic heterocycles. The van der Waals surface area contributed by atoms with Gasteiger partial charge in [-0.3, -0.25) is 14.9 Å². The zero-order valence-electron chi connectivity index (χ0n) is 21.0. The van der Waals surface area contributed by atoms with Gasteiger partial charge in [0.05, 0.1) is 5.02 Å². The van der Waals surface area contributed by atoms with E-state index in [1.807, 2.05) is 29.2 Å². The van der Waals surface area contributed by atoms with Gasteiger partial charge in [-0.25, -0.2) is 0 Å². The van der Waals surface area contributed by atoms with Crippen LogP contribution in [0.2, 0.25) is 15.1 Å². The minimum atomic E-state index is -0.496. The first-order valence-corrected chi connectivity index (χ1v) is 13.9. The Morgan fingerprint density at radius 3 is 2.17 bits per heavy atom. The van der Waals surface area contributed by atoms with E-state index in [1.165, 1.54) is 0 Å². The van der Waals surface area contributed by atoms with Crippen LogP contribution in [-0.4, -0.2) is 48.0 Å². The van der Waals surface area contributed by atoms with E-state index in [-0.39, 0.29) is 16.8 Å². The first kappa shape index (κ1) is 28.0. The van der Waals surface area contributed by atoms with Crippen molar-refractivity contribution in [2.45, 2.75) is 0 Å². The van der Waals surface area contributed by atoms with Crippen molar-refractivity contribution in [3.8, 4) is 11.3 Å². The molecule has 2 heterocycles. The molecule has 1 fully saturated rings. The van der Waals surface area contributed by atoms with Crippen LogP contribution in [0.25, 0.3) is 11.3 Å². The highest BCUT2D eigenvalue weighted by Crippen LogP contribution is 2.32. The molecule has 11 heteroatoms. The third-order valence-corrected chi connectivity index (χ3v) is 7.42. The van der Waals surface area contributed by atoms with Gasteiger partial charge in [-0.1, -0.05) is 34.8 Å². The van der Waals surface area contributed by atoms with E-state index in [1.54, 1.807) is 54.6 Å². The van der Waals surface area contributed by atoms with E-state index in [0.29, 0.717) is 58.1 Å². The Kier molecular flexibility index (Phi) is 8.61. The van der Waals surface area contributed by atoms with Crippen molar-refractivity contribution in [3.05, 3.63) is 105 Å². The van der Waals surface area contributed by atoms with Gasteiger partial charge >= 0.3 is 0 Å². The summed E-state index contributed by atoms with van der Waals surface area (Å²) in [6, 6.07) is 22.8. The zero-order valence-corrected chi connectivity index (χ0v) is 24.1. The number of nitrogens with one attached hydrogen (secondary N) is 2. The molecule has 0 radical (unpaired) electrons. The second-order valence-corrected chi connectivity index (χ2v) is 10.7. The van der Waals surface area contributed by atoms with Crippen LogP contribution in [0.15, 0.2) is 83.3 Å². The van der Waals surface area contributed by atoms with Gasteiger partial charge in [0.1, 0.15) is 5.76 Å². The largest absolute Gasteiger partial charge is 0.451 e. The summed E-state index contributed by atoms with van der Waals surface area (Å²) in [5.41, 5.74) is 2.97. The van der Waals surface area contributed by atoms with Crippen molar-refractivity contribution in [3.63, 3.8) is 0 Å². The second kappa shape index (κ2) is 12.3. The summed E-state index contributed by atoms with van der Waals surface area (Å²) < 4.78 is 5.68.